The average molecular weight is 398 g/mol. The molecule has 148 valence electrons. The van der Waals surface area contributed by atoms with Crippen molar-refractivity contribution >= 4 is 29.4 Å². The molecular weight excluding hydrogens is 370 g/mol. The van der Waals surface area contributed by atoms with Crippen molar-refractivity contribution in [3.63, 3.8) is 0 Å². The topological polar surface area (TPSA) is 52.6 Å². The second-order valence-electron chi connectivity index (χ2n) is 7.37. The maximum atomic E-state index is 12.8. The van der Waals surface area contributed by atoms with Gasteiger partial charge in [0, 0.05) is 61.5 Å². The van der Waals surface area contributed by atoms with Gasteiger partial charge in [0.25, 0.3) is 5.91 Å². The van der Waals surface area contributed by atoms with Crippen molar-refractivity contribution in [2.24, 2.45) is 0 Å². The van der Waals surface area contributed by atoms with Crippen LogP contribution in [0, 0.1) is 6.92 Å². The minimum absolute atomic E-state index is 0.107. The molecular formula is C21H27N5OS. The molecule has 0 saturated carbocycles. The van der Waals surface area contributed by atoms with E-state index in [9.17, 15) is 4.79 Å². The van der Waals surface area contributed by atoms with E-state index in [1.165, 1.54) is 17.7 Å². The first-order valence-electron chi connectivity index (χ1n) is 9.93. The highest BCUT2D eigenvalue weighted by molar-refractivity contribution is 7.98. The summed E-state index contributed by atoms with van der Waals surface area (Å²) in [6.45, 7) is 7.09. The van der Waals surface area contributed by atoms with Crippen LogP contribution in [0.4, 0.5) is 11.8 Å². The molecule has 2 saturated heterocycles. The van der Waals surface area contributed by atoms with Crippen LogP contribution in [0.1, 0.15) is 28.9 Å². The Morgan fingerprint density at radius 3 is 2.25 bits per heavy atom. The van der Waals surface area contributed by atoms with Crippen LogP contribution in [-0.2, 0) is 0 Å². The van der Waals surface area contributed by atoms with Gasteiger partial charge in [-0.25, -0.2) is 4.98 Å². The zero-order valence-electron chi connectivity index (χ0n) is 16.6. The van der Waals surface area contributed by atoms with Crippen LogP contribution >= 0.6 is 11.8 Å². The van der Waals surface area contributed by atoms with E-state index >= 15 is 0 Å². The molecule has 3 heterocycles. The van der Waals surface area contributed by atoms with Crippen molar-refractivity contribution < 1.29 is 4.79 Å². The standard InChI is InChI=1S/C21H27N5OS/c1-16-15-19(24-9-3-4-10-24)23-21(22-16)26-13-11-25(12-14-26)20(27)17-5-7-18(28-2)8-6-17/h5-8,15H,3-4,9-14H2,1-2H3. The third kappa shape index (κ3) is 4.09. The van der Waals surface area contributed by atoms with E-state index < -0.39 is 0 Å². The summed E-state index contributed by atoms with van der Waals surface area (Å²) < 4.78 is 0. The Morgan fingerprint density at radius 2 is 1.61 bits per heavy atom. The van der Waals surface area contributed by atoms with Crippen LogP contribution in [0.3, 0.4) is 0 Å². The number of aromatic nitrogens is 2. The van der Waals surface area contributed by atoms with Gasteiger partial charge in [0.05, 0.1) is 0 Å². The van der Waals surface area contributed by atoms with E-state index in [2.05, 4.69) is 20.9 Å². The molecule has 1 amide bonds. The van der Waals surface area contributed by atoms with Crippen LogP contribution in [0.15, 0.2) is 35.2 Å². The van der Waals surface area contributed by atoms with Crippen molar-refractivity contribution in [2.75, 3.05) is 55.3 Å². The van der Waals surface area contributed by atoms with Gasteiger partial charge in [-0.15, -0.1) is 11.8 Å². The molecule has 0 bridgehead atoms. The summed E-state index contributed by atoms with van der Waals surface area (Å²) in [4.78, 5) is 29.9. The lowest BCUT2D eigenvalue weighted by molar-refractivity contribution is 0.0746. The lowest BCUT2D eigenvalue weighted by Gasteiger charge is -2.35. The van der Waals surface area contributed by atoms with Crippen molar-refractivity contribution in [1.82, 2.24) is 14.9 Å². The lowest BCUT2D eigenvalue weighted by Crippen LogP contribution is -2.49. The summed E-state index contributed by atoms with van der Waals surface area (Å²) in [7, 11) is 0. The Morgan fingerprint density at radius 1 is 0.929 bits per heavy atom. The number of hydrogen-bond acceptors (Lipinski definition) is 6. The van der Waals surface area contributed by atoms with E-state index in [1.807, 2.05) is 42.3 Å². The first-order chi connectivity index (χ1) is 13.6. The van der Waals surface area contributed by atoms with E-state index in [-0.39, 0.29) is 5.91 Å². The highest BCUT2D eigenvalue weighted by atomic mass is 32.2. The molecule has 0 N–H and O–H groups in total. The van der Waals surface area contributed by atoms with E-state index in [0.29, 0.717) is 13.1 Å². The maximum absolute atomic E-state index is 12.8. The predicted molar refractivity (Wildman–Crippen MR) is 115 cm³/mol. The molecule has 2 aliphatic heterocycles. The number of hydrogen-bond donors (Lipinski definition) is 0. The van der Waals surface area contributed by atoms with Gasteiger partial charge < -0.3 is 14.7 Å². The lowest BCUT2D eigenvalue weighted by atomic mass is 10.2. The molecule has 4 rings (SSSR count). The van der Waals surface area contributed by atoms with Gasteiger partial charge in [-0.05, 0) is 50.3 Å². The Balaban J connectivity index is 1.41. The first-order valence-corrected chi connectivity index (χ1v) is 11.2. The van der Waals surface area contributed by atoms with E-state index in [1.54, 1.807) is 11.8 Å². The number of benzene rings is 1. The van der Waals surface area contributed by atoms with E-state index in [4.69, 9.17) is 4.98 Å². The monoisotopic (exact) mass is 397 g/mol. The minimum Gasteiger partial charge on any atom is -0.356 e. The second-order valence-corrected chi connectivity index (χ2v) is 8.25. The van der Waals surface area contributed by atoms with Crippen molar-refractivity contribution in [1.29, 1.82) is 0 Å². The number of aryl methyl sites for hydroxylation is 1. The molecule has 2 aromatic rings. The summed E-state index contributed by atoms with van der Waals surface area (Å²) >= 11 is 1.69. The molecule has 0 aliphatic carbocycles. The molecule has 0 unspecified atom stereocenters. The Labute approximate surface area is 170 Å². The van der Waals surface area contributed by atoms with Crippen molar-refractivity contribution in [2.45, 2.75) is 24.7 Å². The number of thioether (sulfide) groups is 1. The zero-order chi connectivity index (χ0) is 19.5. The van der Waals surface area contributed by atoms with E-state index in [0.717, 1.165) is 49.2 Å². The molecule has 2 aliphatic rings. The number of amides is 1. The van der Waals surface area contributed by atoms with Gasteiger partial charge in [-0.2, -0.15) is 4.98 Å². The fourth-order valence-corrected chi connectivity index (χ4v) is 4.22. The van der Waals surface area contributed by atoms with Crippen LogP contribution in [0.25, 0.3) is 0 Å². The summed E-state index contributed by atoms with van der Waals surface area (Å²) in [6.07, 6.45) is 4.51. The fraction of sp³-hybridized carbons (Fsp3) is 0.476. The highest BCUT2D eigenvalue weighted by Crippen LogP contribution is 2.22. The smallest absolute Gasteiger partial charge is 0.253 e. The quantitative estimate of drug-likeness (QED) is 0.739. The van der Waals surface area contributed by atoms with Crippen LogP contribution < -0.4 is 9.80 Å². The summed E-state index contributed by atoms with van der Waals surface area (Å²) in [5, 5.41) is 0. The first kappa shape index (κ1) is 19.1. The molecule has 6 nitrogen and oxygen atoms in total. The number of anilines is 2. The molecule has 28 heavy (non-hydrogen) atoms. The average Bonchev–Trinajstić information content (AvgIpc) is 3.28. The number of carbonyl (C=O) groups excluding carboxylic acids is 1. The highest BCUT2D eigenvalue weighted by Gasteiger charge is 2.24. The van der Waals surface area contributed by atoms with Crippen LogP contribution in [0.2, 0.25) is 0 Å². The molecule has 0 radical (unpaired) electrons. The largest absolute Gasteiger partial charge is 0.356 e. The molecule has 1 aromatic heterocycles. The molecule has 7 heteroatoms. The summed E-state index contributed by atoms with van der Waals surface area (Å²) in [5.41, 5.74) is 1.76. The second kappa shape index (κ2) is 8.39. The normalized spacial score (nSPS) is 17.3. The minimum atomic E-state index is 0.107. The number of nitrogens with zero attached hydrogens (tertiary/aromatic N) is 5. The van der Waals surface area contributed by atoms with Gasteiger partial charge >= 0.3 is 0 Å². The molecule has 1 aromatic carbocycles. The third-order valence-corrected chi connectivity index (χ3v) is 6.19. The Kier molecular flexibility index (Phi) is 5.71. The van der Waals surface area contributed by atoms with Gasteiger partial charge in [-0.3, -0.25) is 4.79 Å². The van der Waals surface area contributed by atoms with Crippen molar-refractivity contribution in [3.8, 4) is 0 Å². The third-order valence-electron chi connectivity index (χ3n) is 5.45. The van der Waals surface area contributed by atoms with Gasteiger partial charge in [-0.1, -0.05) is 0 Å². The summed E-state index contributed by atoms with van der Waals surface area (Å²) in [6, 6.07) is 9.94. The zero-order valence-corrected chi connectivity index (χ0v) is 17.4. The van der Waals surface area contributed by atoms with Crippen molar-refractivity contribution in [3.05, 3.63) is 41.6 Å². The fourth-order valence-electron chi connectivity index (χ4n) is 3.81. The number of piperazine rings is 1. The molecule has 0 spiro atoms. The summed E-state index contributed by atoms with van der Waals surface area (Å²) in [5.74, 6) is 1.93. The predicted octanol–water partition coefficient (Wildman–Crippen LogP) is 3.07. The Hall–Kier alpha value is -2.28. The van der Waals surface area contributed by atoms with Gasteiger partial charge in [0.15, 0.2) is 0 Å². The van der Waals surface area contributed by atoms with Gasteiger partial charge in [0.2, 0.25) is 5.95 Å². The SMILES string of the molecule is CSc1ccc(C(=O)N2CCN(c3nc(C)cc(N4CCCC4)n3)CC2)cc1. The molecule has 0 atom stereocenters. The number of rotatable bonds is 4. The Bertz CT molecular complexity index is 827. The van der Waals surface area contributed by atoms with Crippen LogP contribution in [0.5, 0.6) is 0 Å². The molecule has 2 fully saturated rings. The van der Waals surface area contributed by atoms with Gasteiger partial charge in [0.1, 0.15) is 5.82 Å². The number of carbonyl (C=O) groups is 1. The van der Waals surface area contributed by atoms with Crippen LogP contribution in [-0.4, -0.2) is 66.3 Å². The maximum Gasteiger partial charge on any atom is 0.253 e.